The van der Waals surface area contributed by atoms with Crippen LogP contribution in [-0.4, -0.2) is 41.8 Å². The summed E-state index contributed by atoms with van der Waals surface area (Å²) in [6.45, 7) is 12.0. The normalized spacial score (nSPS) is 15.7. The van der Waals surface area contributed by atoms with Gasteiger partial charge in [0.15, 0.2) is 5.78 Å². The lowest BCUT2D eigenvalue weighted by Gasteiger charge is -2.34. The molecule has 1 saturated heterocycles. The SMILES string of the molecule is CC.CC(=O)c1ccc(C(=O)NC2CCN(C(C)C)CC2)cc1.[HH]. The second-order valence-electron chi connectivity index (χ2n) is 6.01. The highest BCUT2D eigenvalue weighted by Crippen LogP contribution is 2.14. The van der Waals surface area contributed by atoms with Crippen LogP contribution in [-0.2, 0) is 0 Å². The predicted octanol–water partition coefficient (Wildman–Crippen LogP) is 3.76. The zero-order valence-corrected chi connectivity index (χ0v) is 15.1. The van der Waals surface area contributed by atoms with Crippen LogP contribution in [0.5, 0.6) is 0 Å². The van der Waals surface area contributed by atoms with Gasteiger partial charge in [0.05, 0.1) is 0 Å². The number of nitrogens with zero attached hydrogens (tertiary/aromatic N) is 1. The summed E-state index contributed by atoms with van der Waals surface area (Å²) in [5.74, 6) is -0.0314. The molecule has 1 aliphatic rings. The highest BCUT2D eigenvalue weighted by Gasteiger charge is 2.22. The molecule has 0 bridgehead atoms. The fraction of sp³-hybridized carbons (Fsp3) is 0.579. The second-order valence-corrected chi connectivity index (χ2v) is 6.01. The van der Waals surface area contributed by atoms with E-state index in [1.54, 1.807) is 24.3 Å². The minimum Gasteiger partial charge on any atom is -0.349 e. The summed E-state index contributed by atoms with van der Waals surface area (Å²) in [4.78, 5) is 25.9. The van der Waals surface area contributed by atoms with Crippen LogP contribution in [0.25, 0.3) is 0 Å². The van der Waals surface area contributed by atoms with Crippen LogP contribution in [0.3, 0.4) is 0 Å². The molecule has 4 nitrogen and oxygen atoms in total. The Morgan fingerprint density at radius 1 is 1.09 bits per heavy atom. The lowest BCUT2D eigenvalue weighted by Crippen LogP contribution is -2.46. The van der Waals surface area contributed by atoms with Crippen LogP contribution >= 0.6 is 0 Å². The number of likely N-dealkylation sites (tertiary alicyclic amines) is 1. The lowest BCUT2D eigenvalue weighted by atomic mass is 10.0. The smallest absolute Gasteiger partial charge is 0.251 e. The molecule has 1 amide bonds. The van der Waals surface area contributed by atoms with Gasteiger partial charge in [0.2, 0.25) is 0 Å². The highest BCUT2D eigenvalue weighted by atomic mass is 16.1. The summed E-state index contributed by atoms with van der Waals surface area (Å²) in [5, 5.41) is 3.09. The van der Waals surface area contributed by atoms with Crippen LogP contribution < -0.4 is 5.32 Å². The van der Waals surface area contributed by atoms with Crippen LogP contribution in [0.4, 0.5) is 0 Å². The van der Waals surface area contributed by atoms with Gasteiger partial charge < -0.3 is 10.2 Å². The number of ketones is 1. The number of rotatable bonds is 4. The fourth-order valence-electron chi connectivity index (χ4n) is 2.69. The predicted molar refractivity (Wildman–Crippen MR) is 97.1 cm³/mol. The van der Waals surface area contributed by atoms with Crippen molar-refractivity contribution in [3.05, 3.63) is 35.4 Å². The van der Waals surface area contributed by atoms with Crippen LogP contribution in [0.1, 0.15) is 69.6 Å². The van der Waals surface area contributed by atoms with E-state index in [4.69, 9.17) is 0 Å². The maximum Gasteiger partial charge on any atom is 0.251 e. The first-order valence-corrected chi connectivity index (χ1v) is 8.63. The first kappa shape index (κ1) is 19.4. The Balaban J connectivity index is 0.00000170. The molecule has 0 spiro atoms. The molecule has 1 heterocycles. The van der Waals surface area contributed by atoms with Gasteiger partial charge >= 0.3 is 0 Å². The molecule has 4 heteroatoms. The topological polar surface area (TPSA) is 49.4 Å². The molecule has 0 radical (unpaired) electrons. The highest BCUT2D eigenvalue weighted by molar-refractivity contribution is 5.97. The maximum absolute atomic E-state index is 12.2. The van der Waals surface area contributed by atoms with Gasteiger partial charge in [-0.3, -0.25) is 9.59 Å². The number of carbonyl (C=O) groups excluding carboxylic acids is 2. The summed E-state index contributed by atoms with van der Waals surface area (Å²) in [6, 6.07) is 7.67. The molecule has 0 unspecified atom stereocenters. The van der Waals surface area contributed by atoms with E-state index in [9.17, 15) is 9.59 Å². The van der Waals surface area contributed by atoms with Gasteiger partial charge in [-0.1, -0.05) is 26.0 Å². The Labute approximate surface area is 141 Å². The lowest BCUT2D eigenvalue weighted by molar-refractivity contribution is 0.0899. The number of benzene rings is 1. The minimum atomic E-state index is -0.0481. The first-order valence-electron chi connectivity index (χ1n) is 8.63. The monoisotopic (exact) mass is 320 g/mol. The van der Waals surface area contributed by atoms with E-state index < -0.39 is 0 Å². The molecule has 0 aliphatic carbocycles. The Kier molecular flexibility index (Phi) is 7.96. The Hall–Kier alpha value is -1.68. The Morgan fingerprint density at radius 3 is 2.00 bits per heavy atom. The van der Waals surface area contributed by atoms with E-state index in [1.165, 1.54) is 6.92 Å². The zero-order chi connectivity index (χ0) is 17.4. The number of Topliss-reactive ketones (excluding diaryl/α,β-unsaturated/α-hetero) is 1. The van der Waals surface area contributed by atoms with E-state index in [1.807, 2.05) is 13.8 Å². The van der Waals surface area contributed by atoms with E-state index in [0.717, 1.165) is 25.9 Å². The van der Waals surface area contributed by atoms with Gasteiger partial charge in [0.25, 0.3) is 5.91 Å². The Morgan fingerprint density at radius 2 is 1.57 bits per heavy atom. The van der Waals surface area contributed by atoms with Crippen molar-refractivity contribution in [2.24, 2.45) is 0 Å². The van der Waals surface area contributed by atoms with Crippen LogP contribution in [0.15, 0.2) is 24.3 Å². The largest absolute Gasteiger partial charge is 0.349 e. The van der Waals surface area contributed by atoms with Crippen molar-refractivity contribution >= 4 is 11.7 Å². The summed E-state index contributed by atoms with van der Waals surface area (Å²) in [7, 11) is 0. The quantitative estimate of drug-likeness (QED) is 0.859. The average molecular weight is 320 g/mol. The van der Waals surface area contributed by atoms with Crippen molar-refractivity contribution in [1.29, 1.82) is 0 Å². The maximum atomic E-state index is 12.2. The number of carbonyl (C=O) groups is 2. The average Bonchev–Trinajstić information content (AvgIpc) is 2.57. The number of hydrogen-bond donors (Lipinski definition) is 1. The van der Waals surface area contributed by atoms with E-state index in [-0.39, 0.29) is 19.2 Å². The van der Waals surface area contributed by atoms with Crippen molar-refractivity contribution in [2.75, 3.05) is 13.1 Å². The van der Waals surface area contributed by atoms with Crippen LogP contribution in [0, 0.1) is 0 Å². The van der Waals surface area contributed by atoms with E-state index in [2.05, 4.69) is 24.1 Å². The van der Waals surface area contributed by atoms with Gasteiger partial charge in [0, 0.05) is 37.7 Å². The molecular formula is C19H32N2O2. The molecule has 1 N–H and O–H groups in total. The van der Waals surface area contributed by atoms with E-state index >= 15 is 0 Å². The zero-order valence-electron chi connectivity index (χ0n) is 15.1. The summed E-state index contributed by atoms with van der Waals surface area (Å²) >= 11 is 0. The summed E-state index contributed by atoms with van der Waals surface area (Å²) < 4.78 is 0. The van der Waals surface area contributed by atoms with Gasteiger partial charge in [-0.2, -0.15) is 0 Å². The molecule has 1 aromatic carbocycles. The van der Waals surface area contributed by atoms with Crippen LogP contribution in [0.2, 0.25) is 0 Å². The number of amides is 1. The van der Waals surface area contributed by atoms with Crippen molar-refractivity contribution in [3.8, 4) is 0 Å². The summed E-state index contributed by atoms with van der Waals surface area (Å²) in [5.41, 5.74) is 1.25. The third-order valence-corrected chi connectivity index (χ3v) is 4.15. The standard InChI is InChI=1S/C17H24N2O2.C2H6.H2/c1-12(2)19-10-8-16(9-11-19)18-17(21)15-6-4-14(5-7-15)13(3)20;1-2;/h4-7,12,16H,8-11H2,1-3H3,(H,18,21);1-2H3;1H. The number of hydrogen-bond acceptors (Lipinski definition) is 3. The van der Waals surface area contributed by atoms with Gasteiger partial charge in [-0.25, -0.2) is 0 Å². The minimum absolute atomic E-state index is 0. The van der Waals surface area contributed by atoms with Crippen molar-refractivity contribution in [1.82, 2.24) is 10.2 Å². The van der Waals surface area contributed by atoms with E-state index in [0.29, 0.717) is 17.2 Å². The Bertz CT molecular complexity index is 507. The third kappa shape index (κ3) is 5.79. The molecule has 1 fully saturated rings. The first-order chi connectivity index (χ1) is 11.0. The van der Waals surface area contributed by atoms with Crippen molar-refractivity contribution in [2.45, 2.75) is 59.5 Å². The van der Waals surface area contributed by atoms with Crippen molar-refractivity contribution in [3.63, 3.8) is 0 Å². The molecule has 0 atom stereocenters. The molecule has 130 valence electrons. The molecule has 1 aromatic rings. The molecule has 0 aromatic heterocycles. The molecule has 23 heavy (non-hydrogen) atoms. The third-order valence-electron chi connectivity index (χ3n) is 4.15. The van der Waals surface area contributed by atoms with Crippen molar-refractivity contribution < 1.29 is 11.0 Å². The number of piperidine rings is 1. The molecule has 1 aliphatic heterocycles. The fourth-order valence-corrected chi connectivity index (χ4v) is 2.69. The second kappa shape index (κ2) is 9.46. The molecular weight excluding hydrogens is 288 g/mol. The van der Waals surface area contributed by atoms with Gasteiger partial charge in [-0.15, -0.1) is 0 Å². The van der Waals surface area contributed by atoms with Gasteiger partial charge in [-0.05, 0) is 45.7 Å². The van der Waals surface area contributed by atoms with Gasteiger partial charge in [0.1, 0.15) is 0 Å². The molecule has 0 saturated carbocycles. The molecule has 2 rings (SSSR count). The summed E-state index contributed by atoms with van der Waals surface area (Å²) in [6.07, 6.45) is 1.99. The number of nitrogens with one attached hydrogen (secondary N) is 1.